The average Bonchev–Trinajstić information content (AvgIpc) is 3.14. The van der Waals surface area contributed by atoms with Crippen LogP contribution in [0.5, 0.6) is 0 Å². The van der Waals surface area contributed by atoms with Gasteiger partial charge in [-0.05, 0) is 23.6 Å². The number of alkyl halides is 3. The van der Waals surface area contributed by atoms with Crippen LogP contribution in [0.2, 0.25) is 0 Å². The van der Waals surface area contributed by atoms with Gasteiger partial charge < -0.3 is 9.94 Å². The van der Waals surface area contributed by atoms with Crippen molar-refractivity contribution in [2.75, 3.05) is 5.43 Å². The maximum atomic E-state index is 13.2. The van der Waals surface area contributed by atoms with Gasteiger partial charge in [0.25, 0.3) is 0 Å². The molecule has 1 aliphatic rings. The Morgan fingerprint density at radius 1 is 1.17 bits per heavy atom. The lowest BCUT2D eigenvalue weighted by Crippen LogP contribution is -2.52. The van der Waals surface area contributed by atoms with Crippen molar-refractivity contribution in [3.8, 4) is 0 Å². The number of hydrogen-bond donors (Lipinski definition) is 2. The van der Waals surface area contributed by atoms with Gasteiger partial charge in [-0.25, -0.2) is 0 Å². The Labute approximate surface area is 132 Å². The maximum Gasteiger partial charge on any atom is 0.464 e. The van der Waals surface area contributed by atoms with Gasteiger partial charge in [0.05, 0.1) is 10.6 Å². The first-order chi connectivity index (χ1) is 10.9. The number of nitrogens with one attached hydrogen (secondary N) is 1. The fraction of sp³-hybridized carbons (Fsp3) is 0.143. The zero-order chi connectivity index (χ0) is 16.5. The van der Waals surface area contributed by atoms with Crippen LogP contribution in [-0.4, -0.2) is 28.5 Å². The summed E-state index contributed by atoms with van der Waals surface area (Å²) in [5.74, 6) is -3.59. The van der Waals surface area contributed by atoms with Crippen LogP contribution in [0.15, 0.2) is 58.1 Å². The number of aliphatic hydroxyl groups is 1. The molecule has 0 amide bonds. The standard InChI is InChI=1S/C14H10F3N3O2S/c15-14(16,17)13(21)12(19-18-9-5-2-1-3-6-9)11(20-22-13)10-7-4-8-23-10/h1-8,18,21H/b19-12-. The third-order valence-corrected chi connectivity index (χ3v) is 3.90. The molecule has 0 bridgehead atoms. The summed E-state index contributed by atoms with van der Waals surface area (Å²) in [5, 5.41) is 18.7. The molecular formula is C14H10F3N3O2S. The first kappa shape index (κ1) is 15.5. The van der Waals surface area contributed by atoms with E-state index in [9.17, 15) is 18.3 Å². The van der Waals surface area contributed by atoms with E-state index in [0.717, 1.165) is 11.3 Å². The lowest BCUT2D eigenvalue weighted by atomic mass is 10.1. The number of rotatable bonds is 3. The van der Waals surface area contributed by atoms with Gasteiger partial charge in [-0.2, -0.15) is 18.3 Å². The lowest BCUT2D eigenvalue weighted by molar-refractivity contribution is -0.325. The molecule has 120 valence electrons. The topological polar surface area (TPSA) is 66.2 Å². The molecule has 1 unspecified atom stereocenters. The van der Waals surface area contributed by atoms with E-state index in [4.69, 9.17) is 0 Å². The van der Waals surface area contributed by atoms with Crippen LogP contribution < -0.4 is 5.43 Å². The molecule has 0 fully saturated rings. The molecule has 0 radical (unpaired) electrons. The first-order valence-electron chi connectivity index (χ1n) is 6.40. The van der Waals surface area contributed by atoms with Gasteiger partial charge in [-0.3, -0.25) is 5.43 Å². The van der Waals surface area contributed by atoms with Crippen molar-refractivity contribution in [3.63, 3.8) is 0 Å². The van der Waals surface area contributed by atoms with E-state index in [1.165, 1.54) is 0 Å². The third-order valence-electron chi connectivity index (χ3n) is 3.02. The fourth-order valence-corrected chi connectivity index (χ4v) is 2.59. The van der Waals surface area contributed by atoms with E-state index in [2.05, 4.69) is 20.5 Å². The van der Waals surface area contributed by atoms with Gasteiger partial charge >= 0.3 is 12.0 Å². The lowest BCUT2D eigenvalue weighted by Gasteiger charge is -2.23. The number of oxime groups is 1. The number of hydrogen-bond acceptors (Lipinski definition) is 6. The largest absolute Gasteiger partial charge is 0.464 e. The number of halogens is 3. The van der Waals surface area contributed by atoms with E-state index >= 15 is 0 Å². The highest BCUT2D eigenvalue weighted by Crippen LogP contribution is 2.38. The summed E-state index contributed by atoms with van der Waals surface area (Å²) in [5.41, 5.74) is 2.03. The number of hydrazone groups is 1. The van der Waals surface area contributed by atoms with Crippen molar-refractivity contribution < 1.29 is 23.1 Å². The minimum atomic E-state index is -5.09. The molecule has 0 spiro atoms. The van der Waals surface area contributed by atoms with Gasteiger partial charge in [-0.15, -0.1) is 11.3 Å². The number of benzene rings is 1. The predicted molar refractivity (Wildman–Crippen MR) is 80.4 cm³/mol. The Hall–Kier alpha value is -2.39. The van der Waals surface area contributed by atoms with Gasteiger partial charge in [0.2, 0.25) is 0 Å². The Kier molecular flexibility index (Phi) is 3.82. The van der Waals surface area contributed by atoms with Crippen LogP contribution in [0.4, 0.5) is 18.9 Å². The summed E-state index contributed by atoms with van der Waals surface area (Å²) in [6, 6.07) is 11.6. The Morgan fingerprint density at radius 3 is 2.52 bits per heavy atom. The molecule has 2 heterocycles. The minimum Gasteiger partial charge on any atom is -0.343 e. The third kappa shape index (κ3) is 2.80. The summed E-state index contributed by atoms with van der Waals surface area (Å²) in [4.78, 5) is 4.70. The fourth-order valence-electron chi connectivity index (χ4n) is 1.88. The highest BCUT2D eigenvalue weighted by Gasteiger charge is 2.65. The number of anilines is 1. The highest BCUT2D eigenvalue weighted by molar-refractivity contribution is 7.13. The van der Waals surface area contributed by atoms with E-state index in [0.29, 0.717) is 10.6 Å². The van der Waals surface area contributed by atoms with E-state index in [-0.39, 0.29) is 5.71 Å². The van der Waals surface area contributed by atoms with Gasteiger partial charge in [0.1, 0.15) is 0 Å². The van der Waals surface area contributed by atoms with E-state index < -0.39 is 17.7 Å². The second kappa shape index (κ2) is 5.67. The average molecular weight is 341 g/mol. The highest BCUT2D eigenvalue weighted by atomic mass is 32.1. The molecule has 1 aromatic heterocycles. The summed E-state index contributed by atoms with van der Waals surface area (Å²) in [7, 11) is 0. The summed E-state index contributed by atoms with van der Waals surface area (Å²) >= 11 is 1.16. The van der Waals surface area contributed by atoms with Crippen LogP contribution in [0.25, 0.3) is 0 Å². The molecule has 0 saturated heterocycles. The predicted octanol–water partition coefficient (Wildman–Crippen LogP) is 3.20. The molecular weight excluding hydrogens is 331 g/mol. The molecule has 5 nitrogen and oxygen atoms in total. The second-order valence-electron chi connectivity index (χ2n) is 4.59. The number of nitrogens with zero attached hydrogens (tertiary/aromatic N) is 2. The molecule has 9 heteroatoms. The number of para-hydroxylation sites is 1. The van der Waals surface area contributed by atoms with Crippen molar-refractivity contribution in [1.82, 2.24) is 0 Å². The van der Waals surface area contributed by atoms with Crippen LogP contribution in [-0.2, 0) is 4.84 Å². The summed E-state index contributed by atoms with van der Waals surface area (Å²) in [6.07, 6.45) is -5.09. The normalized spacial score (nSPS) is 22.8. The van der Waals surface area contributed by atoms with Crippen LogP contribution >= 0.6 is 11.3 Å². The molecule has 1 aromatic carbocycles. The molecule has 23 heavy (non-hydrogen) atoms. The molecule has 2 N–H and O–H groups in total. The monoisotopic (exact) mass is 341 g/mol. The van der Waals surface area contributed by atoms with Crippen molar-refractivity contribution in [2.45, 2.75) is 12.0 Å². The van der Waals surface area contributed by atoms with Gasteiger partial charge in [0.15, 0.2) is 11.4 Å². The van der Waals surface area contributed by atoms with E-state index in [1.54, 1.807) is 47.8 Å². The molecule has 0 saturated carbocycles. The summed E-state index contributed by atoms with van der Waals surface area (Å²) in [6.45, 7) is 0. The molecule has 1 atom stereocenters. The zero-order valence-electron chi connectivity index (χ0n) is 11.4. The molecule has 3 rings (SSSR count). The smallest absolute Gasteiger partial charge is 0.343 e. The van der Waals surface area contributed by atoms with Gasteiger partial charge in [0, 0.05) is 0 Å². The van der Waals surface area contributed by atoms with Crippen molar-refractivity contribution in [2.24, 2.45) is 10.3 Å². The van der Waals surface area contributed by atoms with Crippen molar-refractivity contribution in [3.05, 3.63) is 52.7 Å². The summed E-state index contributed by atoms with van der Waals surface area (Å²) < 4.78 is 39.5. The van der Waals surface area contributed by atoms with Crippen LogP contribution in [0, 0.1) is 0 Å². The Morgan fingerprint density at radius 2 is 1.91 bits per heavy atom. The van der Waals surface area contributed by atoms with Gasteiger partial charge in [-0.1, -0.05) is 29.4 Å². The second-order valence-corrected chi connectivity index (χ2v) is 5.54. The SMILES string of the molecule is OC1(C(F)(F)F)ON=C(c2cccs2)/C1=N/Nc1ccccc1. The quantitative estimate of drug-likeness (QED) is 0.843. The Bertz CT molecular complexity index is 744. The van der Waals surface area contributed by atoms with Crippen LogP contribution in [0.1, 0.15) is 4.88 Å². The van der Waals surface area contributed by atoms with Crippen molar-refractivity contribution in [1.29, 1.82) is 0 Å². The molecule has 2 aromatic rings. The van der Waals surface area contributed by atoms with Crippen molar-refractivity contribution >= 4 is 28.4 Å². The first-order valence-corrected chi connectivity index (χ1v) is 7.28. The molecule has 0 aliphatic carbocycles. The Balaban J connectivity index is 1.99. The zero-order valence-corrected chi connectivity index (χ0v) is 12.2. The molecule has 1 aliphatic heterocycles. The number of thiophene rings is 1. The minimum absolute atomic E-state index is 0.164. The maximum absolute atomic E-state index is 13.2. The van der Waals surface area contributed by atoms with E-state index in [1.807, 2.05) is 0 Å². The van der Waals surface area contributed by atoms with Crippen LogP contribution in [0.3, 0.4) is 0 Å².